The zero-order chi connectivity index (χ0) is 14.9. The first kappa shape index (κ1) is 13.9. The van der Waals surface area contributed by atoms with Crippen molar-refractivity contribution in [1.82, 2.24) is 9.97 Å². The van der Waals surface area contributed by atoms with Crippen LogP contribution in [0.15, 0.2) is 29.1 Å². The highest BCUT2D eigenvalue weighted by Gasteiger charge is 2.13. The van der Waals surface area contributed by atoms with Gasteiger partial charge in [-0.2, -0.15) is 0 Å². The number of hydrogen-bond donors (Lipinski definition) is 1. The van der Waals surface area contributed by atoms with E-state index in [4.69, 9.17) is 0 Å². The Labute approximate surface area is 115 Å². The molecule has 0 aliphatic heterocycles. The molecule has 104 valence electrons. The van der Waals surface area contributed by atoms with Crippen LogP contribution in [-0.4, -0.2) is 14.9 Å². The zero-order valence-electron chi connectivity index (χ0n) is 11.5. The van der Waals surface area contributed by atoms with Crippen LogP contribution in [0.2, 0.25) is 0 Å². The minimum atomic E-state index is -0.465. The van der Waals surface area contributed by atoms with Gasteiger partial charge in [-0.1, -0.05) is 13.8 Å². The van der Waals surface area contributed by atoms with E-state index in [1.807, 2.05) is 13.8 Å². The molecule has 0 radical (unpaired) electrons. The van der Waals surface area contributed by atoms with Crippen LogP contribution in [-0.2, 0) is 0 Å². The predicted molar refractivity (Wildman–Crippen MR) is 75.8 cm³/mol. The topological polar surface area (TPSA) is 88.9 Å². The molecule has 0 amide bonds. The Morgan fingerprint density at radius 1 is 1.25 bits per heavy atom. The molecule has 2 rings (SSSR count). The molecule has 20 heavy (non-hydrogen) atoms. The number of aromatic nitrogens is 2. The van der Waals surface area contributed by atoms with Crippen molar-refractivity contribution < 1.29 is 4.92 Å². The quantitative estimate of drug-likeness (QED) is 0.687. The molecular formula is C14H15N3O3. The van der Waals surface area contributed by atoms with Crippen LogP contribution in [0, 0.1) is 17.0 Å². The first-order valence-corrected chi connectivity index (χ1v) is 6.25. The summed E-state index contributed by atoms with van der Waals surface area (Å²) in [5.41, 5.74) is 1.83. The van der Waals surface area contributed by atoms with E-state index in [1.54, 1.807) is 19.1 Å². The highest BCUT2D eigenvalue weighted by atomic mass is 16.6. The standard InChI is InChI=1S/C14H15N3O3/c1-8(2)12-9(3)15-13(16-14(12)18)10-4-6-11(7-5-10)17(19)20/h4-8H,1-3H3,(H,15,16,18). The van der Waals surface area contributed by atoms with Crippen LogP contribution < -0.4 is 5.56 Å². The third-order valence-corrected chi connectivity index (χ3v) is 3.07. The molecule has 1 aromatic heterocycles. The summed E-state index contributed by atoms with van der Waals surface area (Å²) in [7, 11) is 0. The molecule has 6 nitrogen and oxygen atoms in total. The van der Waals surface area contributed by atoms with Crippen LogP contribution in [0.3, 0.4) is 0 Å². The third-order valence-electron chi connectivity index (χ3n) is 3.07. The number of non-ortho nitro benzene ring substituents is 1. The van der Waals surface area contributed by atoms with Gasteiger partial charge in [-0.25, -0.2) is 4.98 Å². The first-order chi connectivity index (χ1) is 9.40. The van der Waals surface area contributed by atoms with Crippen molar-refractivity contribution in [2.75, 3.05) is 0 Å². The lowest BCUT2D eigenvalue weighted by atomic mass is 10.0. The van der Waals surface area contributed by atoms with Crippen molar-refractivity contribution in [2.45, 2.75) is 26.7 Å². The van der Waals surface area contributed by atoms with Crippen molar-refractivity contribution in [3.63, 3.8) is 0 Å². The monoisotopic (exact) mass is 273 g/mol. The molecule has 1 heterocycles. The van der Waals surface area contributed by atoms with Gasteiger partial charge in [-0.3, -0.25) is 14.9 Å². The van der Waals surface area contributed by atoms with E-state index < -0.39 is 4.92 Å². The Hall–Kier alpha value is -2.50. The Bertz CT molecular complexity index is 703. The van der Waals surface area contributed by atoms with Crippen LogP contribution in [0.4, 0.5) is 5.69 Å². The summed E-state index contributed by atoms with van der Waals surface area (Å²) in [6, 6.07) is 5.93. The average molecular weight is 273 g/mol. The van der Waals surface area contributed by atoms with Gasteiger partial charge < -0.3 is 4.98 Å². The molecule has 0 fully saturated rings. The highest BCUT2D eigenvalue weighted by molar-refractivity contribution is 5.57. The summed E-state index contributed by atoms with van der Waals surface area (Å²) in [6.07, 6.45) is 0. The van der Waals surface area contributed by atoms with E-state index in [0.29, 0.717) is 22.6 Å². The zero-order valence-corrected chi connectivity index (χ0v) is 11.5. The van der Waals surface area contributed by atoms with Gasteiger partial charge in [0.2, 0.25) is 0 Å². The molecule has 0 aliphatic carbocycles. The number of aryl methyl sites for hydroxylation is 1. The maximum Gasteiger partial charge on any atom is 0.269 e. The Kier molecular flexibility index (Phi) is 3.65. The summed E-state index contributed by atoms with van der Waals surface area (Å²) >= 11 is 0. The van der Waals surface area contributed by atoms with Gasteiger partial charge in [-0.05, 0) is 25.0 Å². The molecule has 0 bridgehead atoms. The van der Waals surface area contributed by atoms with E-state index in [9.17, 15) is 14.9 Å². The predicted octanol–water partition coefficient (Wildman–Crippen LogP) is 2.78. The molecule has 0 atom stereocenters. The van der Waals surface area contributed by atoms with Crippen molar-refractivity contribution in [3.05, 3.63) is 56.0 Å². The molecule has 6 heteroatoms. The second-order valence-electron chi connectivity index (χ2n) is 4.87. The second-order valence-corrected chi connectivity index (χ2v) is 4.87. The van der Waals surface area contributed by atoms with Gasteiger partial charge in [0.1, 0.15) is 5.82 Å². The van der Waals surface area contributed by atoms with Crippen molar-refractivity contribution in [1.29, 1.82) is 0 Å². The maximum absolute atomic E-state index is 12.0. The van der Waals surface area contributed by atoms with Crippen LogP contribution in [0.5, 0.6) is 0 Å². The van der Waals surface area contributed by atoms with Gasteiger partial charge in [-0.15, -0.1) is 0 Å². The smallest absolute Gasteiger partial charge is 0.269 e. The van der Waals surface area contributed by atoms with Gasteiger partial charge in [0.25, 0.3) is 11.2 Å². The van der Waals surface area contributed by atoms with Crippen LogP contribution >= 0.6 is 0 Å². The van der Waals surface area contributed by atoms with E-state index in [0.717, 1.165) is 0 Å². The van der Waals surface area contributed by atoms with Crippen LogP contribution in [0.25, 0.3) is 11.4 Å². The number of H-pyrrole nitrogens is 1. The summed E-state index contributed by atoms with van der Waals surface area (Å²) in [4.78, 5) is 29.3. The fourth-order valence-corrected chi connectivity index (χ4v) is 2.15. The summed E-state index contributed by atoms with van der Waals surface area (Å²) in [5, 5.41) is 10.6. The van der Waals surface area contributed by atoms with Gasteiger partial charge >= 0.3 is 0 Å². The second kappa shape index (κ2) is 5.24. The molecule has 1 N–H and O–H groups in total. The van der Waals surface area contributed by atoms with Crippen molar-refractivity contribution >= 4 is 5.69 Å². The molecule has 0 saturated heterocycles. The highest BCUT2D eigenvalue weighted by Crippen LogP contribution is 2.20. The van der Waals surface area contributed by atoms with Gasteiger partial charge in [0.15, 0.2) is 0 Å². The summed E-state index contributed by atoms with van der Waals surface area (Å²) in [6.45, 7) is 5.66. The van der Waals surface area contributed by atoms with Crippen molar-refractivity contribution in [2.24, 2.45) is 0 Å². The van der Waals surface area contributed by atoms with Gasteiger partial charge in [0, 0.05) is 29.0 Å². The number of nitro groups is 1. The summed E-state index contributed by atoms with van der Waals surface area (Å²) < 4.78 is 0. The summed E-state index contributed by atoms with van der Waals surface area (Å²) in [5.74, 6) is 0.518. The minimum Gasteiger partial charge on any atom is -0.306 e. The normalized spacial score (nSPS) is 10.8. The molecule has 2 aromatic rings. The minimum absolute atomic E-state index is 0.00613. The molecular weight excluding hydrogens is 258 g/mol. The Morgan fingerprint density at radius 3 is 2.30 bits per heavy atom. The van der Waals surface area contributed by atoms with E-state index in [2.05, 4.69) is 9.97 Å². The largest absolute Gasteiger partial charge is 0.306 e. The molecule has 0 spiro atoms. The van der Waals surface area contributed by atoms with E-state index in [-0.39, 0.29) is 17.2 Å². The SMILES string of the molecule is Cc1nc(-c2ccc([N+](=O)[O-])cc2)[nH]c(=O)c1C(C)C. The lowest BCUT2D eigenvalue weighted by Gasteiger charge is -2.09. The number of nitrogens with zero attached hydrogens (tertiary/aromatic N) is 2. The van der Waals surface area contributed by atoms with E-state index >= 15 is 0 Å². The van der Waals surface area contributed by atoms with Crippen LogP contribution in [0.1, 0.15) is 31.0 Å². The number of rotatable bonds is 3. The molecule has 0 aliphatic rings. The molecule has 0 unspecified atom stereocenters. The fraction of sp³-hybridized carbons (Fsp3) is 0.286. The number of nitrogens with one attached hydrogen (secondary N) is 1. The molecule has 1 aromatic carbocycles. The Balaban J connectivity index is 2.49. The molecule has 0 saturated carbocycles. The number of aromatic amines is 1. The van der Waals surface area contributed by atoms with Gasteiger partial charge in [0.05, 0.1) is 4.92 Å². The fourth-order valence-electron chi connectivity index (χ4n) is 2.15. The number of benzene rings is 1. The van der Waals surface area contributed by atoms with Crippen molar-refractivity contribution in [3.8, 4) is 11.4 Å². The van der Waals surface area contributed by atoms with E-state index in [1.165, 1.54) is 12.1 Å². The number of hydrogen-bond acceptors (Lipinski definition) is 4. The first-order valence-electron chi connectivity index (χ1n) is 6.25. The third kappa shape index (κ3) is 2.59. The lowest BCUT2D eigenvalue weighted by molar-refractivity contribution is -0.384. The average Bonchev–Trinajstić information content (AvgIpc) is 2.37. The number of nitro benzene ring substituents is 1. The maximum atomic E-state index is 12.0. The Morgan fingerprint density at radius 2 is 1.85 bits per heavy atom. The lowest BCUT2D eigenvalue weighted by Crippen LogP contribution is -2.18.